The van der Waals surface area contributed by atoms with E-state index in [1.54, 1.807) is 29.2 Å². The molecule has 7 nitrogen and oxygen atoms in total. The summed E-state index contributed by atoms with van der Waals surface area (Å²) in [5.41, 5.74) is 3.89. The Kier molecular flexibility index (Phi) is 6.53. The van der Waals surface area contributed by atoms with Crippen LogP contribution < -0.4 is 10.2 Å². The van der Waals surface area contributed by atoms with Crippen molar-refractivity contribution in [3.63, 3.8) is 0 Å². The molecule has 2 atom stereocenters. The number of carbonyl (C=O) groups excluding carboxylic acids is 4. The van der Waals surface area contributed by atoms with E-state index >= 15 is 0 Å². The Labute approximate surface area is 181 Å². The summed E-state index contributed by atoms with van der Waals surface area (Å²) in [6.07, 6.45) is -0.975. The maximum absolute atomic E-state index is 12.6. The molecule has 0 spiro atoms. The summed E-state index contributed by atoms with van der Waals surface area (Å²) in [6, 6.07) is 12.2. The van der Waals surface area contributed by atoms with Gasteiger partial charge < -0.3 is 15.0 Å². The lowest BCUT2D eigenvalue weighted by Gasteiger charge is -2.20. The van der Waals surface area contributed by atoms with Gasteiger partial charge in [-0.15, -0.1) is 0 Å². The van der Waals surface area contributed by atoms with E-state index in [2.05, 4.69) is 5.32 Å². The van der Waals surface area contributed by atoms with Crippen molar-refractivity contribution < 1.29 is 23.9 Å². The van der Waals surface area contributed by atoms with Crippen molar-refractivity contribution in [3.05, 3.63) is 59.2 Å². The lowest BCUT2D eigenvalue weighted by Crippen LogP contribution is -2.33. The number of hydrogen-bond donors (Lipinski definition) is 1. The van der Waals surface area contributed by atoms with Gasteiger partial charge in [-0.3, -0.25) is 19.2 Å². The Morgan fingerprint density at radius 1 is 1.10 bits per heavy atom. The minimum absolute atomic E-state index is 0.0487. The first-order chi connectivity index (χ1) is 14.7. The number of carbonyl (C=O) groups is 4. The molecule has 0 aliphatic carbocycles. The van der Waals surface area contributed by atoms with E-state index in [-0.39, 0.29) is 24.7 Å². The zero-order valence-electron chi connectivity index (χ0n) is 18.1. The van der Waals surface area contributed by atoms with Crippen LogP contribution in [0.2, 0.25) is 0 Å². The van der Waals surface area contributed by atoms with Gasteiger partial charge in [-0.05, 0) is 69.2 Å². The number of anilines is 2. The summed E-state index contributed by atoms with van der Waals surface area (Å²) >= 11 is 0. The van der Waals surface area contributed by atoms with Crippen LogP contribution in [0.15, 0.2) is 42.5 Å². The molecule has 0 saturated carbocycles. The summed E-state index contributed by atoms with van der Waals surface area (Å²) in [6.45, 7) is 7.08. The second-order valence-electron chi connectivity index (χ2n) is 7.83. The molecule has 31 heavy (non-hydrogen) atoms. The molecule has 162 valence electrons. The maximum Gasteiger partial charge on any atom is 0.312 e. The molecule has 3 rings (SSSR count). The zero-order chi connectivity index (χ0) is 22.7. The highest BCUT2D eigenvalue weighted by molar-refractivity contribution is 6.01. The van der Waals surface area contributed by atoms with Crippen LogP contribution in [0.5, 0.6) is 0 Å². The first-order valence-electron chi connectivity index (χ1n) is 10.2. The smallest absolute Gasteiger partial charge is 0.312 e. The number of aryl methyl sites for hydroxylation is 1. The van der Waals surface area contributed by atoms with Crippen molar-refractivity contribution in [1.29, 1.82) is 0 Å². The van der Waals surface area contributed by atoms with Crippen molar-refractivity contribution in [2.24, 2.45) is 5.92 Å². The normalized spacial score (nSPS) is 16.7. The highest BCUT2D eigenvalue weighted by atomic mass is 16.5. The molecule has 2 amide bonds. The molecule has 1 heterocycles. The zero-order valence-corrected chi connectivity index (χ0v) is 18.1. The Hall–Kier alpha value is -3.48. The molecule has 2 aromatic rings. The van der Waals surface area contributed by atoms with E-state index in [0.717, 1.165) is 16.8 Å². The van der Waals surface area contributed by atoms with Gasteiger partial charge >= 0.3 is 5.97 Å². The maximum atomic E-state index is 12.6. The van der Waals surface area contributed by atoms with Crippen LogP contribution in [-0.2, 0) is 19.1 Å². The van der Waals surface area contributed by atoms with E-state index in [1.165, 1.54) is 13.8 Å². The number of rotatable bonds is 6. The molecule has 0 aromatic heterocycles. The van der Waals surface area contributed by atoms with E-state index in [9.17, 15) is 19.2 Å². The third-order valence-electron chi connectivity index (χ3n) is 5.55. The third-order valence-corrected chi connectivity index (χ3v) is 5.55. The number of nitrogens with one attached hydrogen (secondary N) is 1. The van der Waals surface area contributed by atoms with Gasteiger partial charge in [0, 0.05) is 29.9 Å². The van der Waals surface area contributed by atoms with Crippen LogP contribution in [0, 0.1) is 19.8 Å². The Morgan fingerprint density at radius 2 is 1.77 bits per heavy atom. The number of Topliss-reactive ketones (excluding diaryl/α,β-unsaturated/α-hetero) is 1. The van der Waals surface area contributed by atoms with Gasteiger partial charge in [0.15, 0.2) is 11.9 Å². The predicted molar refractivity (Wildman–Crippen MR) is 117 cm³/mol. The fraction of sp³-hybridized carbons (Fsp3) is 0.333. The quantitative estimate of drug-likeness (QED) is 0.569. The molecule has 1 N–H and O–H groups in total. The molecule has 7 heteroatoms. The average molecular weight is 422 g/mol. The summed E-state index contributed by atoms with van der Waals surface area (Å²) in [5, 5.41) is 2.66. The van der Waals surface area contributed by atoms with Crippen molar-refractivity contribution in [2.45, 2.75) is 40.2 Å². The monoisotopic (exact) mass is 422 g/mol. The Morgan fingerprint density at radius 3 is 2.42 bits per heavy atom. The fourth-order valence-electron chi connectivity index (χ4n) is 3.48. The van der Waals surface area contributed by atoms with E-state index in [0.29, 0.717) is 11.3 Å². The van der Waals surface area contributed by atoms with E-state index in [4.69, 9.17) is 4.74 Å². The van der Waals surface area contributed by atoms with Gasteiger partial charge in [-0.2, -0.15) is 0 Å². The molecule has 1 aliphatic heterocycles. The lowest BCUT2D eigenvalue weighted by molar-refractivity contribution is -0.157. The minimum Gasteiger partial charge on any atom is -0.452 e. The molecular formula is C24H26N2O5. The summed E-state index contributed by atoms with van der Waals surface area (Å²) in [4.78, 5) is 50.4. The van der Waals surface area contributed by atoms with Gasteiger partial charge in [-0.25, -0.2) is 0 Å². The third kappa shape index (κ3) is 4.99. The summed E-state index contributed by atoms with van der Waals surface area (Å²) in [5.74, 6) is -1.90. The van der Waals surface area contributed by atoms with Crippen molar-refractivity contribution >= 4 is 34.9 Å². The number of amides is 2. The Bertz CT molecular complexity index is 1030. The van der Waals surface area contributed by atoms with Gasteiger partial charge in [-0.1, -0.05) is 12.1 Å². The van der Waals surface area contributed by atoms with Crippen LogP contribution in [0.1, 0.15) is 41.8 Å². The van der Waals surface area contributed by atoms with Crippen LogP contribution in [0.3, 0.4) is 0 Å². The largest absolute Gasteiger partial charge is 0.452 e. The van der Waals surface area contributed by atoms with Crippen LogP contribution >= 0.6 is 0 Å². The van der Waals surface area contributed by atoms with Crippen molar-refractivity contribution in [3.8, 4) is 0 Å². The second-order valence-corrected chi connectivity index (χ2v) is 7.83. The molecule has 1 fully saturated rings. The topological polar surface area (TPSA) is 92.8 Å². The molecule has 0 radical (unpaired) electrons. The molecule has 1 saturated heterocycles. The van der Waals surface area contributed by atoms with E-state index < -0.39 is 23.9 Å². The Balaban J connectivity index is 1.59. The van der Waals surface area contributed by atoms with Crippen molar-refractivity contribution in [1.82, 2.24) is 0 Å². The fourth-order valence-corrected chi connectivity index (χ4v) is 3.48. The van der Waals surface area contributed by atoms with Gasteiger partial charge in [0.05, 0.1) is 5.92 Å². The first-order valence-corrected chi connectivity index (χ1v) is 10.2. The number of hydrogen-bond acceptors (Lipinski definition) is 5. The first kappa shape index (κ1) is 22.2. The van der Waals surface area contributed by atoms with Crippen LogP contribution in [0.25, 0.3) is 0 Å². The molecule has 2 aromatic carbocycles. The molecule has 1 aliphatic rings. The lowest BCUT2D eigenvalue weighted by atomic mass is 10.1. The summed E-state index contributed by atoms with van der Waals surface area (Å²) < 4.78 is 5.33. The predicted octanol–water partition coefficient (Wildman–Crippen LogP) is 3.43. The highest BCUT2D eigenvalue weighted by Gasteiger charge is 2.37. The van der Waals surface area contributed by atoms with Gasteiger partial charge in [0.25, 0.3) is 5.91 Å². The number of nitrogens with zero attached hydrogens (tertiary/aromatic N) is 1. The molecule has 0 unspecified atom stereocenters. The van der Waals surface area contributed by atoms with Crippen LogP contribution in [0.4, 0.5) is 11.4 Å². The van der Waals surface area contributed by atoms with Gasteiger partial charge in [0.1, 0.15) is 0 Å². The standard InChI is InChI=1S/C24H26N2O5/c1-14-6-5-7-21(15(14)2)26-13-19(12-22(26)28)24(30)31-17(4)23(29)25-20-10-8-18(9-11-20)16(3)27/h5-11,17,19H,12-13H2,1-4H3,(H,25,29)/t17-,19-/m1/s1. The average Bonchev–Trinajstić information content (AvgIpc) is 3.12. The molecule has 0 bridgehead atoms. The number of ketones is 1. The SMILES string of the molecule is CC(=O)c1ccc(NC(=O)[C@@H](C)OC(=O)[C@@H]2CC(=O)N(c3cccc(C)c3C)C2)cc1. The molecular weight excluding hydrogens is 396 g/mol. The van der Waals surface area contributed by atoms with Crippen LogP contribution in [-0.4, -0.2) is 36.2 Å². The second kappa shape index (κ2) is 9.12. The number of benzene rings is 2. The number of ether oxygens (including phenoxy) is 1. The highest BCUT2D eigenvalue weighted by Crippen LogP contribution is 2.30. The number of esters is 1. The van der Waals surface area contributed by atoms with Gasteiger partial charge in [0.2, 0.25) is 5.91 Å². The summed E-state index contributed by atoms with van der Waals surface area (Å²) in [7, 11) is 0. The minimum atomic E-state index is -1.02. The van der Waals surface area contributed by atoms with E-state index in [1.807, 2.05) is 32.0 Å². The van der Waals surface area contributed by atoms with Crippen molar-refractivity contribution in [2.75, 3.05) is 16.8 Å².